The maximum atomic E-state index is 12.0. The van der Waals surface area contributed by atoms with Crippen molar-refractivity contribution in [2.45, 2.75) is 5.92 Å². The summed E-state index contributed by atoms with van der Waals surface area (Å²) in [7, 11) is 1.61. The molecule has 0 aliphatic heterocycles. The molecule has 0 aliphatic carbocycles. The molecule has 1 unspecified atom stereocenters. The second kappa shape index (κ2) is 5.32. The van der Waals surface area contributed by atoms with Crippen LogP contribution in [0.1, 0.15) is 17.0 Å². The lowest BCUT2D eigenvalue weighted by atomic mass is 9.90. The summed E-state index contributed by atoms with van der Waals surface area (Å²) < 4.78 is 5.15. The fraction of sp³-hybridized carbons (Fsp3) is 0.118. The van der Waals surface area contributed by atoms with Crippen molar-refractivity contribution >= 4 is 16.8 Å². The van der Waals surface area contributed by atoms with E-state index in [9.17, 15) is 4.79 Å². The van der Waals surface area contributed by atoms with Gasteiger partial charge in [-0.3, -0.25) is 4.79 Å². The molecular formula is C17H16N2O2. The Morgan fingerprint density at radius 1 is 1.14 bits per heavy atom. The molecule has 4 heteroatoms. The number of amides is 1. The molecule has 0 radical (unpaired) electrons. The van der Waals surface area contributed by atoms with Crippen molar-refractivity contribution in [2.24, 2.45) is 5.73 Å². The van der Waals surface area contributed by atoms with Crippen LogP contribution in [0, 0.1) is 0 Å². The lowest BCUT2D eigenvalue weighted by Gasteiger charge is -2.14. The van der Waals surface area contributed by atoms with E-state index in [1.54, 1.807) is 7.11 Å². The number of benzene rings is 2. The van der Waals surface area contributed by atoms with E-state index in [0.29, 0.717) is 0 Å². The van der Waals surface area contributed by atoms with Crippen LogP contribution in [0.2, 0.25) is 0 Å². The van der Waals surface area contributed by atoms with E-state index >= 15 is 0 Å². The van der Waals surface area contributed by atoms with Crippen LogP contribution >= 0.6 is 0 Å². The molecule has 3 rings (SSSR count). The smallest absolute Gasteiger partial charge is 0.229 e. The summed E-state index contributed by atoms with van der Waals surface area (Å²) in [5.74, 6) is -0.0992. The average Bonchev–Trinajstić information content (AvgIpc) is 2.92. The SMILES string of the molecule is COc1ccc(C(C(N)=O)c2c[nH]c3ccccc23)cc1. The van der Waals surface area contributed by atoms with Crippen molar-refractivity contribution in [3.8, 4) is 5.75 Å². The summed E-state index contributed by atoms with van der Waals surface area (Å²) in [6.45, 7) is 0. The van der Waals surface area contributed by atoms with E-state index in [-0.39, 0.29) is 5.91 Å². The molecule has 0 fully saturated rings. The summed E-state index contributed by atoms with van der Waals surface area (Å²) in [5.41, 5.74) is 8.38. The normalized spacial score (nSPS) is 12.2. The second-order valence-electron chi connectivity index (χ2n) is 4.90. The van der Waals surface area contributed by atoms with Crippen molar-refractivity contribution in [3.05, 3.63) is 65.9 Å². The largest absolute Gasteiger partial charge is 0.497 e. The zero-order chi connectivity index (χ0) is 14.8. The van der Waals surface area contributed by atoms with Gasteiger partial charge in [-0.15, -0.1) is 0 Å². The van der Waals surface area contributed by atoms with Gasteiger partial charge >= 0.3 is 0 Å². The van der Waals surface area contributed by atoms with Crippen LogP contribution in [0.4, 0.5) is 0 Å². The number of carbonyl (C=O) groups excluding carboxylic acids is 1. The molecule has 0 bridgehead atoms. The Kier molecular flexibility index (Phi) is 3.36. The third-order valence-electron chi connectivity index (χ3n) is 3.67. The average molecular weight is 280 g/mol. The van der Waals surface area contributed by atoms with Crippen molar-refractivity contribution in [1.29, 1.82) is 0 Å². The lowest BCUT2D eigenvalue weighted by molar-refractivity contribution is -0.118. The van der Waals surface area contributed by atoms with Gasteiger partial charge in [-0.25, -0.2) is 0 Å². The lowest BCUT2D eigenvalue weighted by Crippen LogP contribution is -2.22. The quantitative estimate of drug-likeness (QED) is 0.771. The number of carbonyl (C=O) groups is 1. The first-order chi connectivity index (χ1) is 10.2. The number of primary amides is 1. The number of fused-ring (bicyclic) bond motifs is 1. The fourth-order valence-corrected chi connectivity index (χ4v) is 2.63. The third kappa shape index (κ3) is 2.36. The highest BCUT2D eigenvalue weighted by molar-refractivity contribution is 5.93. The van der Waals surface area contributed by atoms with Gasteiger partial charge in [-0.1, -0.05) is 30.3 Å². The Balaban J connectivity index is 2.11. The molecule has 0 spiro atoms. The molecule has 1 heterocycles. The molecule has 21 heavy (non-hydrogen) atoms. The van der Waals surface area contributed by atoms with Crippen LogP contribution in [0.15, 0.2) is 54.7 Å². The number of rotatable bonds is 4. The molecule has 1 atom stereocenters. The molecule has 3 N–H and O–H groups in total. The van der Waals surface area contributed by atoms with Crippen molar-refractivity contribution in [3.63, 3.8) is 0 Å². The molecule has 1 amide bonds. The van der Waals surface area contributed by atoms with Crippen molar-refractivity contribution in [1.82, 2.24) is 4.98 Å². The number of H-pyrrole nitrogens is 1. The molecule has 0 saturated heterocycles. The zero-order valence-electron chi connectivity index (χ0n) is 11.7. The van der Waals surface area contributed by atoms with Gasteiger partial charge in [0.05, 0.1) is 13.0 Å². The van der Waals surface area contributed by atoms with Gasteiger partial charge < -0.3 is 15.5 Å². The van der Waals surface area contributed by atoms with Crippen molar-refractivity contribution < 1.29 is 9.53 Å². The van der Waals surface area contributed by atoms with E-state index < -0.39 is 5.92 Å². The van der Waals surface area contributed by atoms with E-state index in [4.69, 9.17) is 10.5 Å². The number of nitrogens with two attached hydrogens (primary N) is 1. The number of ether oxygens (including phenoxy) is 1. The highest BCUT2D eigenvalue weighted by Crippen LogP contribution is 2.31. The third-order valence-corrected chi connectivity index (χ3v) is 3.67. The topological polar surface area (TPSA) is 68.1 Å². The maximum Gasteiger partial charge on any atom is 0.229 e. The van der Waals surface area contributed by atoms with Crippen LogP contribution in [0.3, 0.4) is 0 Å². The fourth-order valence-electron chi connectivity index (χ4n) is 2.63. The van der Waals surface area contributed by atoms with E-state index in [1.165, 1.54) is 0 Å². The molecule has 3 aromatic rings. The molecule has 4 nitrogen and oxygen atoms in total. The number of hydrogen-bond donors (Lipinski definition) is 2. The Morgan fingerprint density at radius 3 is 2.52 bits per heavy atom. The zero-order valence-corrected chi connectivity index (χ0v) is 11.7. The first kappa shape index (κ1) is 13.2. The Labute approximate surface area is 122 Å². The molecule has 2 aromatic carbocycles. The molecular weight excluding hydrogens is 264 g/mol. The summed E-state index contributed by atoms with van der Waals surface area (Å²) in [6.07, 6.45) is 1.85. The molecule has 0 saturated carbocycles. The number of nitrogens with one attached hydrogen (secondary N) is 1. The number of para-hydroxylation sites is 1. The monoisotopic (exact) mass is 280 g/mol. The summed E-state index contributed by atoms with van der Waals surface area (Å²) in [6, 6.07) is 15.3. The Morgan fingerprint density at radius 2 is 1.86 bits per heavy atom. The van der Waals surface area contributed by atoms with E-state index in [1.807, 2.05) is 54.7 Å². The van der Waals surface area contributed by atoms with Gasteiger partial charge in [0.25, 0.3) is 0 Å². The van der Waals surface area contributed by atoms with Crippen LogP contribution in [-0.4, -0.2) is 18.0 Å². The number of aromatic amines is 1. The second-order valence-corrected chi connectivity index (χ2v) is 4.90. The predicted molar refractivity (Wildman–Crippen MR) is 82.3 cm³/mol. The van der Waals surface area contributed by atoms with E-state index in [0.717, 1.165) is 27.8 Å². The maximum absolute atomic E-state index is 12.0. The minimum Gasteiger partial charge on any atom is -0.497 e. The predicted octanol–water partition coefficient (Wildman–Crippen LogP) is 2.79. The van der Waals surface area contributed by atoms with Gasteiger partial charge in [0.2, 0.25) is 5.91 Å². The highest BCUT2D eigenvalue weighted by atomic mass is 16.5. The highest BCUT2D eigenvalue weighted by Gasteiger charge is 2.23. The Bertz CT molecular complexity index is 775. The number of hydrogen-bond acceptors (Lipinski definition) is 2. The molecule has 1 aromatic heterocycles. The van der Waals surface area contributed by atoms with Gasteiger partial charge in [0.1, 0.15) is 5.75 Å². The molecule has 106 valence electrons. The van der Waals surface area contributed by atoms with E-state index in [2.05, 4.69) is 4.98 Å². The Hall–Kier alpha value is -2.75. The summed E-state index contributed by atoms with van der Waals surface area (Å²) in [4.78, 5) is 15.2. The van der Waals surface area contributed by atoms with Gasteiger partial charge in [-0.05, 0) is 29.3 Å². The molecule has 0 aliphatic rings. The summed E-state index contributed by atoms with van der Waals surface area (Å²) >= 11 is 0. The van der Waals surface area contributed by atoms with Crippen LogP contribution in [-0.2, 0) is 4.79 Å². The van der Waals surface area contributed by atoms with Crippen LogP contribution in [0.5, 0.6) is 5.75 Å². The van der Waals surface area contributed by atoms with Gasteiger partial charge in [0.15, 0.2) is 0 Å². The van der Waals surface area contributed by atoms with Crippen LogP contribution < -0.4 is 10.5 Å². The van der Waals surface area contributed by atoms with Crippen LogP contribution in [0.25, 0.3) is 10.9 Å². The minimum atomic E-state index is -0.480. The van der Waals surface area contributed by atoms with Gasteiger partial charge in [-0.2, -0.15) is 0 Å². The van der Waals surface area contributed by atoms with Gasteiger partial charge in [0, 0.05) is 17.1 Å². The standard InChI is InChI=1S/C17H16N2O2/c1-21-12-8-6-11(7-9-12)16(17(18)20)14-10-19-15-5-3-2-4-13(14)15/h2-10,16,19H,1H3,(H2,18,20). The minimum absolute atomic E-state index is 0.370. The first-order valence-corrected chi connectivity index (χ1v) is 6.70. The summed E-state index contributed by atoms with van der Waals surface area (Å²) in [5, 5.41) is 1.01. The first-order valence-electron chi connectivity index (χ1n) is 6.70. The number of methoxy groups -OCH3 is 1. The number of aromatic nitrogens is 1. The van der Waals surface area contributed by atoms with Crippen molar-refractivity contribution in [2.75, 3.05) is 7.11 Å².